The van der Waals surface area contributed by atoms with E-state index in [4.69, 9.17) is 5.14 Å². The number of aromatic nitrogens is 1. The average molecular weight is 307 g/mol. The molecule has 0 saturated heterocycles. The maximum Gasteiger partial charge on any atom is 0.238 e. The van der Waals surface area contributed by atoms with Crippen molar-refractivity contribution in [2.45, 2.75) is 38.8 Å². The number of nitrogens with zero attached hydrogens (tertiary/aromatic N) is 1. The first-order chi connectivity index (χ1) is 9.82. The van der Waals surface area contributed by atoms with E-state index in [9.17, 15) is 8.42 Å². The van der Waals surface area contributed by atoms with Crippen LogP contribution in [0.15, 0.2) is 35.4 Å². The molecule has 0 aliphatic heterocycles. The number of anilines is 1. The van der Waals surface area contributed by atoms with Crippen LogP contribution in [0.5, 0.6) is 0 Å². The van der Waals surface area contributed by atoms with Crippen molar-refractivity contribution in [2.75, 3.05) is 5.32 Å². The van der Waals surface area contributed by atoms with Gasteiger partial charge in [0.15, 0.2) is 0 Å². The summed E-state index contributed by atoms with van der Waals surface area (Å²) < 4.78 is 25.2. The fourth-order valence-corrected chi connectivity index (χ4v) is 2.90. The Labute approximate surface area is 125 Å². The van der Waals surface area contributed by atoms with Gasteiger partial charge in [-0.25, -0.2) is 13.6 Å². The molecule has 1 aromatic carbocycles. The second-order valence-electron chi connectivity index (χ2n) is 5.10. The van der Waals surface area contributed by atoms with E-state index in [1.165, 1.54) is 0 Å². The maximum atomic E-state index is 11.5. The monoisotopic (exact) mass is 307 g/mol. The van der Waals surface area contributed by atoms with Gasteiger partial charge in [0.25, 0.3) is 0 Å². The third-order valence-corrected chi connectivity index (χ3v) is 4.59. The average Bonchev–Trinajstić information content (AvgIpc) is 2.86. The van der Waals surface area contributed by atoms with Crippen LogP contribution in [0.25, 0.3) is 0 Å². The van der Waals surface area contributed by atoms with Crippen LogP contribution in [-0.4, -0.2) is 13.0 Å². The summed E-state index contributed by atoms with van der Waals surface area (Å²) in [4.78, 5) is 0.138. The Kier molecular flexibility index (Phi) is 4.39. The minimum Gasteiger partial charge on any atom is -0.379 e. The van der Waals surface area contributed by atoms with Gasteiger partial charge in [0.2, 0.25) is 10.0 Å². The van der Waals surface area contributed by atoms with E-state index in [0.29, 0.717) is 6.54 Å². The number of aryl methyl sites for hydroxylation is 2. The summed E-state index contributed by atoms with van der Waals surface area (Å²) in [6.07, 6.45) is 2.02. The molecule has 5 nitrogen and oxygen atoms in total. The Morgan fingerprint density at radius 3 is 2.62 bits per heavy atom. The molecule has 0 aliphatic carbocycles. The Hall–Kier alpha value is -1.79. The summed E-state index contributed by atoms with van der Waals surface area (Å²) >= 11 is 0. The van der Waals surface area contributed by atoms with E-state index in [1.54, 1.807) is 12.1 Å². The second-order valence-corrected chi connectivity index (χ2v) is 6.66. The van der Waals surface area contributed by atoms with Crippen molar-refractivity contribution in [3.63, 3.8) is 0 Å². The van der Waals surface area contributed by atoms with Crippen LogP contribution in [0, 0.1) is 13.8 Å². The van der Waals surface area contributed by atoms with Crippen molar-refractivity contribution in [2.24, 2.45) is 5.14 Å². The number of primary sulfonamides is 1. The summed E-state index contributed by atoms with van der Waals surface area (Å²) in [6, 6.07) is 7.24. The number of hydrogen-bond donors (Lipinski definition) is 2. The van der Waals surface area contributed by atoms with Crippen LogP contribution >= 0.6 is 0 Å². The topological polar surface area (TPSA) is 77.1 Å². The first kappa shape index (κ1) is 15.6. The van der Waals surface area contributed by atoms with Gasteiger partial charge in [-0.3, -0.25) is 0 Å². The lowest BCUT2D eigenvalue weighted by Gasteiger charge is -2.14. The van der Waals surface area contributed by atoms with Gasteiger partial charge < -0.3 is 9.88 Å². The molecule has 0 unspecified atom stereocenters. The summed E-state index contributed by atoms with van der Waals surface area (Å²) in [7, 11) is -3.69. The molecule has 3 N–H and O–H groups in total. The minimum atomic E-state index is -3.69. The van der Waals surface area contributed by atoms with Crippen LogP contribution in [-0.2, 0) is 23.1 Å². The number of sulfonamides is 1. The van der Waals surface area contributed by atoms with Crippen molar-refractivity contribution < 1.29 is 8.42 Å². The lowest BCUT2D eigenvalue weighted by atomic mass is 10.1. The molecule has 21 heavy (non-hydrogen) atoms. The molecule has 0 spiro atoms. The fourth-order valence-electron chi connectivity index (χ4n) is 2.28. The van der Waals surface area contributed by atoms with Crippen molar-refractivity contribution in [1.82, 2.24) is 4.57 Å². The van der Waals surface area contributed by atoms with Gasteiger partial charge in [0.1, 0.15) is 0 Å². The lowest BCUT2D eigenvalue weighted by Crippen LogP contribution is -2.14. The lowest BCUT2D eigenvalue weighted by molar-refractivity contribution is 0.597. The smallest absolute Gasteiger partial charge is 0.238 e. The molecule has 1 aromatic heterocycles. The number of rotatable bonds is 5. The normalized spacial score (nSPS) is 11.6. The third-order valence-electron chi connectivity index (χ3n) is 3.69. The zero-order valence-corrected chi connectivity index (χ0v) is 13.4. The largest absolute Gasteiger partial charge is 0.379 e. The molecule has 0 saturated carbocycles. The molecule has 0 radical (unpaired) electrons. The number of nitrogens with two attached hydrogens (primary N) is 1. The highest BCUT2D eigenvalue weighted by Gasteiger charge is 2.12. The standard InChI is InChI=1S/C15H21N3O2S/c1-4-18-7-5-6-13(18)10-17-15-9-14(21(16,19)20)8-11(2)12(15)3/h5-9,17H,4,10H2,1-3H3,(H2,16,19,20). The van der Waals surface area contributed by atoms with E-state index < -0.39 is 10.0 Å². The molecule has 0 atom stereocenters. The molecule has 2 aromatic rings. The Morgan fingerprint density at radius 2 is 2.00 bits per heavy atom. The predicted octanol–water partition coefficient (Wildman–Crippen LogP) is 2.38. The SMILES string of the molecule is CCn1cccc1CNc1cc(S(N)(=O)=O)cc(C)c1C. The first-order valence-electron chi connectivity index (χ1n) is 6.85. The summed E-state index contributed by atoms with van der Waals surface area (Å²) in [6.45, 7) is 7.46. The molecule has 6 heteroatoms. The van der Waals surface area contributed by atoms with Crippen molar-refractivity contribution in [1.29, 1.82) is 0 Å². The van der Waals surface area contributed by atoms with E-state index in [2.05, 4.69) is 16.8 Å². The fraction of sp³-hybridized carbons (Fsp3) is 0.333. The van der Waals surface area contributed by atoms with Crippen LogP contribution < -0.4 is 10.5 Å². The predicted molar refractivity (Wildman–Crippen MR) is 84.7 cm³/mol. The van der Waals surface area contributed by atoms with E-state index >= 15 is 0 Å². The van der Waals surface area contributed by atoms with E-state index in [-0.39, 0.29) is 4.90 Å². The molecule has 0 fully saturated rings. The molecule has 1 heterocycles. The van der Waals surface area contributed by atoms with Crippen LogP contribution in [0.4, 0.5) is 5.69 Å². The zero-order valence-electron chi connectivity index (χ0n) is 12.6. The molecular weight excluding hydrogens is 286 g/mol. The number of hydrogen-bond acceptors (Lipinski definition) is 3. The van der Waals surface area contributed by atoms with Gasteiger partial charge in [-0.2, -0.15) is 0 Å². The van der Waals surface area contributed by atoms with E-state index in [1.807, 2.05) is 32.2 Å². The molecule has 0 amide bonds. The highest BCUT2D eigenvalue weighted by atomic mass is 32.2. The van der Waals surface area contributed by atoms with Crippen LogP contribution in [0.3, 0.4) is 0 Å². The van der Waals surface area contributed by atoms with Crippen LogP contribution in [0.1, 0.15) is 23.7 Å². The van der Waals surface area contributed by atoms with Crippen LogP contribution in [0.2, 0.25) is 0 Å². The van der Waals surface area contributed by atoms with Gasteiger partial charge in [-0.05, 0) is 56.2 Å². The molecule has 114 valence electrons. The molecule has 2 rings (SSSR count). The highest BCUT2D eigenvalue weighted by molar-refractivity contribution is 7.89. The van der Waals surface area contributed by atoms with Crippen molar-refractivity contribution in [3.8, 4) is 0 Å². The highest BCUT2D eigenvalue weighted by Crippen LogP contribution is 2.24. The van der Waals surface area contributed by atoms with Crippen molar-refractivity contribution >= 4 is 15.7 Å². The van der Waals surface area contributed by atoms with Gasteiger partial charge in [0, 0.05) is 24.1 Å². The van der Waals surface area contributed by atoms with E-state index in [0.717, 1.165) is 29.1 Å². The Morgan fingerprint density at radius 1 is 1.29 bits per heavy atom. The van der Waals surface area contributed by atoms with Crippen molar-refractivity contribution in [3.05, 3.63) is 47.3 Å². The van der Waals surface area contributed by atoms with Gasteiger partial charge in [0.05, 0.1) is 11.4 Å². The summed E-state index contributed by atoms with van der Waals surface area (Å²) in [5.41, 5.74) is 3.87. The Balaban J connectivity index is 2.30. The quantitative estimate of drug-likeness (QED) is 0.890. The molecular formula is C15H21N3O2S. The third kappa shape index (κ3) is 3.46. The van der Waals surface area contributed by atoms with Gasteiger partial charge in [-0.1, -0.05) is 0 Å². The summed E-state index contributed by atoms with van der Waals surface area (Å²) in [5, 5.41) is 8.52. The van der Waals surface area contributed by atoms with Gasteiger partial charge >= 0.3 is 0 Å². The number of nitrogens with one attached hydrogen (secondary N) is 1. The minimum absolute atomic E-state index is 0.138. The molecule has 0 bridgehead atoms. The number of benzene rings is 1. The second kappa shape index (κ2) is 5.91. The molecule has 0 aliphatic rings. The first-order valence-corrected chi connectivity index (χ1v) is 8.39. The zero-order chi connectivity index (χ0) is 15.6. The maximum absolute atomic E-state index is 11.5. The Bertz CT molecular complexity index is 748. The van der Waals surface area contributed by atoms with Gasteiger partial charge in [-0.15, -0.1) is 0 Å². The summed E-state index contributed by atoms with van der Waals surface area (Å²) in [5.74, 6) is 0.